The number of rotatable bonds is 7. The van der Waals surface area contributed by atoms with Crippen LogP contribution in [0.2, 0.25) is 0 Å². The molecule has 0 bridgehead atoms. The Kier molecular flexibility index (Phi) is 7.57. The zero-order valence-corrected chi connectivity index (χ0v) is 8.17. The van der Waals surface area contributed by atoms with Gasteiger partial charge in [-0.25, -0.2) is 0 Å². The minimum atomic E-state index is -0.274. The molecule has 0 fully saturated rings. The van der Waals surface area contributed by atoms with Gasteiger partial charge in [0.05, 0.1) is 19.3 Å². The third-order valence-corrected chi connectivity index (χ3v) is 1.56. The maximum atomic E-state index is 11.2. The molecule has 1 unspecified atom stereocenters. The maximum absolute atomic E-state index is 11.2. The van der Waals surface area contributed by atoms with Crippen LogP contribution in [0.4, 0.5) is 0 Å². The van der Waals surface area contributed by atoms with Crippen molar-refractivity contribution >= 4 is 5.91 Å². The molecule has 3 N–H and O–H groups in total. The van der Waals surface area contributed by atoms with E-state index in [0.29, 0.717) is 19.7 Å². The number of hydrogen-bond acceptors (Lipinski definition) is 4. The van der Waals surface area contributed by atoms with Gasteiger partial charge < -0.3 is 20.5 Å². The molecule has 0 heterocycles. The van der Waals surface area contributed by atoms with Crippen molar-refractivity contribution in [1.82, 2.24) is 10.6 Å². The smallest absolute Gasteiger partial charge is 0.236 e. The fraction of sp³-hybridized carbons (Fsp3) is 0.875. The third kappa shape index (κ3) is 6.51. The summed E-state index contributed by atoms with van der Waals surface area (Å²) in [5, 5.41) is 14.0. The molecule has 0 aliphatic heterocycles. The largest absolute Gasteiger partial charge is 0.395 e. The Bertz CT molecular complexity index is 141. The van der Waals surface area contributed by atoms with E-state index in [0.717, 1.165) is 0 Å². The van der Waals surface area contributed by atoms with Crippen LogP contribution in [0.5, 0.6) is 0 Å². The second kappa shape index (κ2) is 7.97. The molecule has 0 saturated carbocycles. The van der Waals surface area contributed by atoms with Crippen LogP contribution >= 0.6 is 0 Å². The van der Waals surface area contributed by atoms with Crippen molar-refractivity contribution in [3.63, 3.8) is 0 Å². The summed E-state index contributed by atoms with van der Waals surface area (Å²) < 4.78 is 4.78. The lowest BCUT2D eigenvalue weighted by Crippen LogP contribution is -2.44. The van der Waals surface area contributed by atoms with Gasteiger partial charge in [0.15, 0.2) is 0 Å². The van der Waals surface area contributed by atoms with Crippen molar-refractivity contribution in [1.29, 1.82) is 0 Å². The summed E-state index contributed by atoms with van der Waals surface area (Å²) in [6, 6.07) is -0.274. The second-order valence-electron chi connectivity index (χ2n) is 2.68. The normalized spacial score (nSPS) is 12.5. The van der Waals surface area contributed by atoms with Crippen molar-refractivity contribution in [2.24, 2.45) is 0 Å². The molecule has 0 spiro atoms. The quantitative estimate of drug-likeness (QED) is 0.437. The minimum Gasteiger partial charge on any atom is -0.395 e. The standard InChI is InChI=1S/C8H18N2O3/c1-7(9-3-5-11)8(12)10-4-6-13-2/h7,9,11H,3-6H2,1-2H3,(H,10,12). The van der Waals surface area contributed by atoms with E-state index in [1.165, 1.54) is 0 Å². The van der Waals surface area contributed by atoms with E-state index in [-0.39, 0.29) is 18.6 Å². The Labute approximate surface area is 78.5 Å². The number of carbonyl (C=O) groups excluding carboxylic acids is 1. The van der Waals surface area contributed by atoms with E-state index < -0.39 is 0 Å². The first-order chi connectivity index (χ1) is 6.22. The zero-order chi connectivity index (χ0) is 10.1. The average molecular weight is 190 g/mol. The molecule has 5 heteroatoms. The lowest BCUT2D eigenvalue weighted by Gasteiger charge is -2.12. The van der Waals surface area contributed by atoms with Crippen LogP contribution in [0, 0.1) is 0 Å². The van der Waals surface area contributed by atoms with Gasteiger partial charge in [-0.2, -0.15) is 0 Å². The van der Waals surface area contributed by atoms with Crippen LogP contribution in [0.25, 0.3) is 0 Å². The molecular formula is C8H18N2O3. The van der Waals surface area contributed by atoms with Gasteiger partial charge in [-0.3, -0.25) is 4.79 Å². The van der Waals surface area contributed by atoms with Crippen LogP contribution in [0.15, 0.2) is 0 Å². The lowest BCUT2D eigenvalue weighted by molar-refractivity contribution is -0.122. The molecule has 1 amide bonds. The van der Waals surface area contributed by atoms with Crippen molar-refractivity contribution in [3.05, 3.63) is 0 Å². The van der Waals surface area contributed by atoms with E-state index in [2.05, 4.69) is 10.6 Å². The van der Waals surface area contributed by atoms with Crippen molar-refractivity contribution in [3.8, 4) is 0 Å². The van der Waals surface area contributed by atoms with Crippen molar-refractivity contribution < 1.29 is 14.6 Å². The number of nitrogens with one attached hydrogen (secondary N) is 2. The summed E-state index contributed by atoms with van der Waals surface area (Å²) in [5.74, 6) is -0.0782. The molecule has 0 rings (SSSR count). The highest BCUT2D eigenvalue weighted by Crippen LogP contribution is 1.80. The fourth-order valence-electron chi connectivity index (χ4n) is 0.803. The van der Waals surface area contributed by atoms with Gasteiger partial charge in [-0.15, -0.1) is 0 Å². The lowest BCUT2D eigenvalue weighted by atomic mass is 10.3. The molecular weight excluding hydrogens is 172 g/mol. The minimum absolute atomic E-state index is 0.0374. The first-order valence-electron chi connectivity index (χ1n) is 4.33. The highest BCUT2D eigenvalue weighted by atomic mass is 16.5. The number of hydrogen-bond donors (Lipinski definition) is 3. The average Bonchev–Trinajstić information content (AvgIpc) is 2.14. The second-order valence-corrected chi connectivity index (χ2v) is 2.68. The summed E-state index contributed by atoms with van der Waals surface area (Å²) >= 11 is 0. The molecule has 0 radical (unpaired) electrons. The first-order valence-corrected chi connectivity index (χ1v) is 4.33. The van der Waals surface area contributed by atoms with Gasteiger partial charge in [-0.05, 0) is 6.92 Å². The highest BCUT2D eigenvalue weighted by Gasteiger charge is 2.09. The van der Waals surface area contributed by atoms with Crippen LogP contribution in [-0.4, -0.2) is 50.5 Å². The Morgan fingerprint density at radius 2 is 2.23 bits per heavy atom. The molecule has 13 heavy (non-hydrogen) atoms. The molecule has 1 atom stereocenters. The van der Waals surface area contributed by atoms with Gasteiger partial charge in [0.25, 0.3) is 0 Å². The van der Waals surface area contributed by atoms with Crippen molar-refractivity contribution in [2.45, 2.75) is 13.0 Å². The first kappa shape index (κ1) is 12.3. The SMILES string of the molecule is COCCNC(=O)C(C)NCCO. The Hall–Kier alpha value is -0.650. The topological polar surface area (TPSA) is 70.6 Å². The number of aliphatic hydroxyl groups is 1. The molecule has 78 valence electrons. The summed E-state index contributed by atoms with van der Waals surface area (Å²) in [6.07, 6.45) is 0. The summed E-state index contributed by atoms with van der Waals surface area (Å²) in [7, 11) is 1.58. The van der Waals surface area contributed by atoms with Crippen LogP contribution in [-0.2, 0) is 9.53 Å². The monoisotopic (exact) mass is 190 g/mol. The zero-order valence-electron chi connectivity index (χ0n) is 8.17. The van der Waals surface area contributed by atoms with E-state index in [1.54, 1.807) is 14.0 Å². The Morgan fingerprint density at radius 3 is 2.77 bits per heavy atom. The van der Waals surface area contributed by atoms with E-state index in [9.17, 15) is 4.79 Å². The number of ether oxygens (including phenoxy) is 1. The Morgan fingerprint density at radius 1 is 1.54 bits per heavy atom. The van der Waals surface area contributed by atoms with Gasteiger partial charge in [0.2, 0.25) is 5.91 Å². The van der Waals surface area contributed by atoms with Gasteiger partial charge in [-0.1, -0.05) is 0 Å². The van der Waals surface area contributed by atoms with E-state index in [4.69, 9.17) is 9.84 Å². The highest BCUT2D eigenvalue weighted by molar-refractivity contribution is 5.81. The fourth-order valence-corrected chi connectivity index (χ4v) is 0.803. The number of carbonyl (C=O) groups is 1. The molecule has 0 aliphatic rings. The molecule has 0 aliphatic carbocycles. The van der Waals surface area contributed by atoms with E-state index >= 15 is 0 Å². The van der Waals surface area contributed by atoms with Crippen molar-refractivity contribution in [2.75, 3.05) is 33.4 Å². The molecule has 0 aromatic rings. The van der Waals surface area contributed by atoms with Crippen LogP contribution in [0.3, 0.4) is 0 Å². The summed E-state index contributed by atoms with van der Waals surface area (Å²) in [6.45, 7) is 3.24. The van der Waals surface area contributed by atoms with E-state index in [1.807, 2.05) is 0 Å². The molecule has 0 saturated heterocycles. The number of amides is 1. The number of aliphatic hydroxyl groups excluding tert-OH is 1. The Balaban J connectivity index is 3.45. The molecule has 5 nitrogen and oxygen atoms in total. The molecule has 0 aromatic heterocycles. The summed E-state index contributed by atoms with van der Waals surface area (Å²) in [4.78, 5) is 11.2. The maximum Gasteiger partial charge on any atom is 0.236 e. The molecule has 0 aromatic carbocycles. The number of methoxy groups -OCH3 is 1. The predicted molar refractivity (Wildman–Crippen MR) is 49.4 cm³/mol. The predicted octanol–water partition coefficient (Wildman–Crippen LogP) is -1.28. The third-order valence-electron chi connectivity index (χ3n) is 1.56. The van der Waals surface area contributed by atoms with Gasteiger partial charge in [0, 0.05) is 20.2 Å². The van der Waals surface area contributed by atoms with Gasteiger partial charge in [0.1, 0.15) is 0 Å². The summed E-state index contributed by atoms with van der Waals surface area (Å²) in [5.41, 5.74) is 0. The van der Waals surface area contributed by atoms with Crippen LogP contribution < -0.4 is 10.6 Å². The van der Waals surface area contributed by atoms with Gasteiger partial charge >= 0.3 is 0 Å². The van der Waals surface area contributed by atoms with Crippen LogP contribution in [0.1, 0.15) is 6.92 Å².